The van der Waals surface area contributed by atoms with Gasteiger partial charge in [-0.05, 0) is 72.8 Å². The lowest BCUT2D eigenvalue weighted by molar-refractivity contribution is -0.114. The predicted octanol–water partition coefficient (Wildman–Crippen LogP) is 6.10. The number of nitrogen functional groups attached to an aromatic ring is 4. The van der Waals surface area contributed by atoms with Crippen LogP contribution < -0.4 is 37.7 Å². The molecular formula is C28H34BrN5O3S. The van der Waals surface area contributed by atoms with Gasteiger partial charge in [0.25, 0.3) is 0 Å². The van der Waals surface area contributed by atoms with Crippen molar-refractivity contribution in [2.24, 2.45) is 0 Å². The second-order valence-corrected chi connectivity index (χ2v) is 8.99. The zero-order valence-electron chi connectivity index (χ0n) is 21.5. The molecule has 0 aliphatic heterocycles. The minimum Gasteiger partial charge on any atom is -0.497 e. The van der Waals surface area contributed by atoms with Gasteiger partial charge < -0.3 is 37.7 Å². The van der Waals surface area contributed by atoms with Crippen molar-refractivity contribution in [1.82, 2.24) is 0 Å². The van der Waals surface area contributed by atoms with Crippen LogP contribution in [0.3, 0.4) is 0 Å². The lowest BCUT2D eigenvalue weighted by Gasteiger charge is -2.05. The Morgan fingerprint density at radius 2 is 1.37 bits per heavy atom. The van der Waals surface area contributed by atoms with Crippen LogP contribution in [0.25, 0.3) is 0 Å². The van der Waals surface area contributed by atoms with Crippen molar-refractivity contribution in [3.05, 3.63) is 95.5 Å². The van der Waals surface area contributed by atoms with Gasteiger partial charge in [-0.3, -0.25) is 4.79 Å². The van der Waals surface area contributed by atoms with Crippen LogP contribution in [0.2, 0.25) is 0 Å². The summed E-state index contributed by atoms with van der Waals surface area (Å²) in [6.07, 6.45) is 0. The molecule has 0 aliphatic rings. The molecule has 0 atom stereocenters. The molecule has 10 heteroatoms. The molecule has 0 aliphatic carbocycles. The quantitative estimate of drug-likeness (QED) is 0.123. The summed E-state index contributed by atoms with van der Waals surface area (Å²) in [6.45, 7) is 1.46. The van der Waals surface area contributed by atoms with E-state index in [-0.39, 0.29) is 5.91 Å². The van der Waals surface area contributed by atoms with E-state index in [1.165, 1.54) is 6.92 Å². The fourth-order valence-electron chi connectivity index (χ4n) is 2.62. The van der Waals surface area contributed by atoms with Gasteiger partial charge in [-0.15, -0.1) is 12.6 Å². The molecule has 0 bridgehead atoms. The number of amides is 1. The number of methoxy groups -OCH3 is 2. The van der Waals surface area contributed by atoms with E-state index in [1.807, 2.05) is 48.5 Å². The zero-order chi connectivity index (χ0) is 28.5. The minimum atomic E-state index is -0.0874. The molecule has 38 heavy (non-hydrogen) atoms. The Bertz CT molecular complexity index is 1240. The first-order valence-corrected chi connectivity index (χ1v) is 12.4. The first-order valence-electron chi connectivity index (χ1n) is 11.2. The standard InChI is InChI=1S/C8H10N2O.C8H11NO2.C6H6BrN.C6H7NS/c1-6(11)10-8-4-2-3-7(9)5-8;1-10-6-3-4-7(9)8(5-6)11-2;7-5-2-1-3-6(8)4-5;7-5-1-3-6(8)4-2-5/h2-5H,9H2,1H3,(H,10,11);3-5H,9H2,1-2H3;1-4H,8H2;1-4,8H,7H2. The Morgan fingerprint density at radius 1 is 0.763 bits per heavy atom. The normalized spacial score (nSPS) is 9.18. The van der Waals surface area contributed by atoms with Gasteiger partial charge in [-0.25, -0.2) is 0 Å². The average molecular weight is 601 g/mol. The minimum absolute atomic E-state index is 0.0874. The molecule has 4 aromatic carbocycles. The van der Waals surface area contributed by atoms with Crippen LogP contribution in [-0.2, 0) is 4.79 Å². The Hall–Kier alpha value is -4.02. The first kappa shape index (κ1) is 32.0. The topological polar surface area (TPSA) is 152 Å². The SMILES string of the molecule is CC(=O)Nc1cccc(N)c1.COc1ccc(N)c(OC)c1.Nc1ccc(S)cc1.Nc1cccc(Br)c1. The van der Waals surface area contributed by atoms with Crippen LogP contribution in [-0.4, -0.2) is 20.1 Å². The van der Waals surface area contributed by atoms with Crippen LogP contribution >= 0.6 is 28.6 Å². The second kappa shape index (κ2) is 17.4. The molecule has 4 aromatic rings. The maximum absolute atomic E-state index is 10.6. The van der Waals surface area contributed by atoms with Gasteiger partial charge in [-0.2, -0.15) is 0 Å². The van der Waals surface area contributed by atoms with Crippen LogP contribution in [0.1, 0.15) is 6.92 Å². The number of benzene rings is 4. The maximum Gasteiger partial charge on any atom is 0.221 e. The summed E-state index contributed by atoms with van der Waals surface area (Å²) in [5.74, 6) is 1.30. The van der Waals surface area contributed by atoms with Gasteiger partial charge in [0.1, 0.15) is 11.5 Å². The smallest absolute Gasteiger partial charge is 0.221 e. The zero-order valence-corrected chi connectivity index (χ0v) is 24.0. The molecule has 0 aromatic heterocycles. The van der Waals surface area contributed by atoms with Crippen molar-refractivity contribution >= 4 is 62.9 Å². The first-order chi connectivity index (χ1) is 18.0. The van der Waals surface area contributed by atoms with Crippen molar-refractivity contribution in [3.8, 4) is 11.5 Å². The third-order valence-corrected chi connectivity index (χ3v) is 5.18. The number of ether oxygens (including phenoxy) is 2. The van der Waals surface area contributed by atoms with Gasteiger partial charge >= 0.3 is 0 Å². The van der Waals surface area contributed by atoms with E-state index in [9.17, 15) is 4.79 Å². The van der Waals surface area contributed by atoms with Crippen LogP contribution in [0.15, 0.2) is 100 Å². The van der Waals surface area contributed by atoms with Crippen molar-refractivity contribution < 1.29 is 14.3 Å². The fraction of sp³-hybridized carbons (Fsp3) is 0.107. The number of anilines is 5. The van der Waals surface area contributed by atoms with Crippen LogP contribution in [0, 0.1) is 0 Å². The molecule has 0 saturated carbocycles. The Labute approximate surface area is 237 Å². The summed E-state index contributed by atoms with van der Waals surface area (Å²) in [6, 6.07) is 27.3. The molecule has 0 saturated heterocycles. The largest absolute Gasteiger partial charge is 0.497 e. The molecule has 0 spiro atoms. The number of carbonyl (C=O) groups excluding carboxylic acids is 1. The molecule has 1 amide bonds. The van der Waals surface area contributed by atoms with Crippen LogP contribution in [0.5, 0.6) is 11.5 Å². The summed E-state index contributed by atoms with van der Waals surface area (Å²) >= 11 is 7.36. The number of thiol groups is 1. The Morgan fingerprint density at radius 3 is 1.82 bits per heavy atom. The number of rotatable bonds is 3. The van der Waals surface area contributed by atoms with E-state index >= 15 is 0 Å². The molecule has 0 heterocycles. The van der Waals surface area contributed by atoms with E-state index in [0.717, 1.165) is 32.2 Å². The number of nitrogens with one attached hydrogen (secondary N) is 1. The van der Waals surface area contributed by atoms with Gasteiger partial charge in [0.15, 0.2) is 0 Å². The summed E-state index contributed by atoms with van der Waals surface area (Å²) in [4.78, 5) is 11.5. The summed E-state index contributed by atoms with van der Waals surface area (Å²) in [7, 11) is 3.18. The summed E-state index contributed by atoms with van der Waals surface area (Å²) in [5, 5.41) is 2.63. The average Bonchev–Trinajstić information content (AvgIpc) is 2.87. The monoisotopic (exact) mass is 599 g/mol. The van der Waals surface area contributed by atoms with Crippen molar-refractivity contribution in [2.45, 2.75) is 11.8 Å². The molecule has 9 N–H and O–H groups in total. The fourth-order valence-corrected chi connectivity index (χ4v) is 3.19. The van der Waals surface area contributed by atoms with Crippen molar-refractivity contribution in [3.63, 3.8) is 0 Å². The van der Waals surface area contributed by atoms with E-state index < -0.39 is 0 Å². The molecular weight excluding hydrogens is 566 g/mol. The van der Waals surface area contributed by atoms with Gasteiger partial charge in [0.05, 0.1) is 19.9 Å². The highest BCUT2D eigenvalue weighted by Gasteiger charge is 1.99. The Kier molecular flexibility index (Phi) is 14.7. The lowest BCUT2D eigenvalue weighted by atomic mass is 10.3. The van der Waals surface area contributed by atoms with E-state index in [0.29, 0.717) is 17.1 Å². The highest BCUT2D eigenvalue weighted by molar-refractivity contribution is 9.10. The molecule has 8 nitrogen and oxygen atoms in total. The summed E-state index contributed by atoms with van der Waals surface area (Å²) < 4.78 is 11.0. The highest BCUT2D eigenvalue weighted by atomic mass is 79.9. The second-order valence-electron chi connectivity index (χ2n) is 7.56. The molecule has 0 fully saturated rings. The van der Waals surface area contributed by atoms with Crippen molar-refractivity contribution in [1.29, 1.82) is 0 Å². The number of nitrogens with two attached hydrogens (primary N) is 4. The van der Waals surface area contributed by atoms with E-state index in [4.69, 9.17) is 32.4 Å². The molecule has 202 valence electrons. The van der Waals surface area contributed by atoms with Crippen molar-refractivity contribution in [2.75, 3.05) is 42.5 Å². The molecule has 4 rings (SSSR count). The number of hydrogen-bond donors (Lipinski definition) is 6. The lowest BCUT2D eigenvalue weighted by Crippen LogP contribution is -2.05. The van der Waals surface area contributed by atoms with Gasteiger partial charge in [0.2, 0.25) is 5.91 Å². The Balaban J connectivity index is 0.000000256. The van der Waals surface area contributed by atoms with Gasteiger partial charge in [0, 0.05) is 45.1 Å². The van der Waals surface area contributed by atoms with Crippen LogP contribution in [0.4, 0.5) is 28.4 Å². The third kappa shape index (κ3) is 13.9. The third-order valence-electron chi connectivity index (χ3n) is 4.39. The number of halogens is 1. The molecule has 0 unspecified atom stereocenters. The number of carbonyl (C=O) groups is 1. The highest BCUT2D eigenvalue weighted by Crippen LogP contribution is 2.25. The van der Waals surface area contributed by atoms with E-state index in [1.54, 1.807) is 56.7 Å². The predicted molar refractivity (Wildman–Crippen MR) is 166 cm³/mol. The summed E-state index contributed by atoms with van der Waals surface area (Å²) in [5.41, 5.74) is 25.5. The van der Waals surface area contributed by atoms with E-state index in [2.05, 4.69) is 33.9 Å². The van der Waals surface area contributed by atoms with Gasteiger partial charge in [-0.1, -0.05) is 28.1 Å². The molecule has 0 radical (unpaired) electrons. The maximum atomic E-state index is 10.6. The number of hydrogen-bond acceptors (Lipinski definition) is 8.